The van der Waals surface area contributed by atoms with Gasteiger partial charge < -0.3 is 14.2 Å². The molecule has 0 atom stereocenters. The molecule has 0 aliphatic carbocycles. The summed E-state index contributed by atoms with van der Waals surface area (Å²) in [4.78, 5) is 15.1. The summed E-state index contributed by atoms with van der Waals surface area (Å²) >= 11 is 5.61. The number of carbonyl (C=O) groups excluding carboxylic acids is 1. The highest BCUT2D eigenvalue weighted by atomic mass is 35.5. The van der Waals surface area contributed by atoms with Crippen molar-refractivity contribution >= 4 is 17.6 Å². The topological polar surface area (TPSA) is 57.7 Å². The van der Waals surface area contributed by atoms with Crippen molar-refractivity contribution in [2.45, 2.75) is 19.2 Å². The van der Waals surface area contributed by atoms with E-state index in [0.29, 0.717) is 0 Å². The standard InChI is InChI=1S/C11H11ClF3NO4/c1-3-19-10(17)8-9(18-2)6(5-12)4-7(16-8)20-11(13,14)15/h4H,3,5H2,1-2H3. The highest BCUT2D eigenvalue weighted by Gasteiger charge is 2.33. The van der Waals surface area contributed by atoms with E-state index in [1.165, 1.54) is 7.11 Å². The monoisotopic (exact) mass is 313 g/mol. The third kappa shape index (κ3) is 4.16. The maximum atomic E-state index is 12.2. The lowest BCUT2D eigenvalue weighted by atomic mass is 10.2. The van der Waals surface area contributed by atoms with Crippen molar-refractivity contribution in [3.05, 3.63) is 17.3 Å². The molecule has 0 bridgehead atoms. The lowest BCUT2D eigenvalue weighted by Gasteiger charge is -2.14. The lowest BCUT2D eigenvalue weighted by Crippen LogP contribution is -2.19. The van der Waals surface area contributed by atoms with Gasteiger partial charge in [0.2, 0.25) is 5.88 Å². The highest BCUT2D eigenvalue weighted by molar-refractivity contribution is 6.17. The number of ether oxygens (including phenoxy) is 3. The SMILES string of the molecule is CCOC(=O)c1nc(OC(F)(F)F)cc(CCl)c1OC. The van der Waals surface area contributed by atoms with Gasteiger partial charge in [0.1, 0.15) is 0 Å². The van der Waals surface area contributed by atoms with Crippen LogP contribution in [0.2, 0.25) is 0 Å². The number of rotatable bonds is 5. The van der Waals surface area contributed by atoms with E-state index in [9.17, 15) is 18.0 Å². The van der Waals surface area contributed by atoms with Gasteiger partial charge in [-0.25, -0.2) is 9.78 Å². The number of nitrogens with zero attached hydrogens (tertiary/aromatic N) is 1. The Balaban J connectivity index is 3.30. The van der Waals surface area contributed by atoms with Gasteiger partial charge in [-0.3, -0.25) is 0 Å². The second-order valence-corrected chi connectivity index (χ2v) is 3.67. The zero-order valence-corrected chi connectivity index (χ0v) is 11.3. The molecule has 1 heterocycles. The maximum absolute atomic E-state index is 12.2. The molecule has 0 aliphatic rings. The fourth-order valence-electron chi connectivity index (χ4n) is 1.40. The van der Waals surface area contributed by atoms with E-state index in [0.717, 1.165) is 6.07 Å². The third-order valence-electron chi connectivity index (χ3n) is 2.06. The summed E-state index contributed by atoms with van der Waals surface area (Å²) in [5, 5.41) is 0. The van der Waals surface area contributed by atoms with Crippen LogP contribution in [0.4, 0.5) is 13.2 Å². The number of aromatic nitrogens is 1. The van der Waals surface area contributed by atoms with Crippen LogP contribution in [0.25, 0.3) is 0 Å². The third-order valence-corrected chi connectivity index (χ3v) is 2.35. The predicted molar refractivity (Wildman–Crippen MR) is 63.0 cm³/mol. The Hall–Kier alpha value is -1.70. The molecule has 0 unspecified atom stereocenters. The van der Waals surface area contributed by atoms with Crippen LogP contribution in [0.5, 0.6) is 11.6 Å². The van der Waals surface area contributed by atoms with E-state index in [1.807, 2.05) is 0 Å². The molecule has 0 aliphatic heterocycles. The zero-order chi connectivity index (χ0) is 15.3. The number of alkyl halides is 4. The minimum Gasteiger partial charge on any atom is -0.494 e. The Bertz CT molecular complexity index is 493. The molecule has 0 saturated heterocycles. The van der Waals surface area contributed by atoms with Crippen LogP contribution in [-0.2, 0) is 10.6 Å². The Morgan fingerprint density at radius 1 is 1.45 bits per heavy atom. The smallest absolute Gasteiger partial charge is 0.494 e. The van der Waals surface area contributed by atoms with Gasteiger partial charge in [-0.1, -0.05) is 0 Å². The van der Waals surface area contributed by atoms with Gasteiger partial charge in [-0.2, -0.15) is 0 Å². The average molecular weight is 314 g/mol. The summed E-state index contributed by atoms with van der Waals surface area (Å²) in [6, 6.07) is 0.946. The first-order valence-corrected chi connectivity index (χ1v) is 5.92. The first-order chi connectivity index (χ1) is 9.32. The summed E-state index contributed by atoms with van der Waals surface area (Å²) in [7, 11) is 1.24. The minimum atomic E-state index is -4.93. The minimum absolute atomic E-state index is 0.0320. The summed E-state index contributed by atoms with van der Waals surface area (Å²) in [5.74, 6) is -1.97. The molecule has 112 valence electrons. The molecule has 5 nitrogen and oxygen atoms in total. The Morgan fingerprint density at radius 2 is 2.10 bits per heavy atom. The Morgan fingerprint density at radius 3 is 2.55 bits per heavy atom. The first-order valence-electron chi connectivity index (χ1n) is 5.39. The number of methoxy groups -OCH3 is 1. The zero-order valence-electron chi connectivity index (χ0n) is 10.6. The number of esters is 1. The van der Waals surface area contributed by atoms with Crippen LogP contribution in [-0.4, -0.2) is 31.0 Å². The summed E-state index contributed by atoms with van der Waals surface area (Å²) in [5.41, 5.74) is -0.293. The van der Waals surface area contributed by atoms with Crippen molar-refractivity contribution in [2.24, 2.45) is 0 Å². The van der Waals surface area contributed by atoms with Gasteiger partial charge in [0.25, 0.3) is 0 Å². The summed E-state index contributed by atoms with van der Waals surface area (Å²) < 4.78 is 49.9. The first kappa shape index (κ1) is 16.4. The van der Waals surface area contributed by atoms with Gasteiger partial charge in [0.05, 0.1) is 19.6 Å². The summed E-state index contributed by atoms with van der Waals surface area (Å²) in [6.07, 6.45) is -4.93. The second kappa shape index (κ2) is 6.65. The number of carbonyl (C=O) groups is 1. The van der Waals surface area contributed by atoms with E-state index >= 15 is 0 Å². The van der Waals surface area contributed by atoms with Crippen molar-refractivity contribution in [3.8, 4) is 11.6 Å². The number of hydrogen-bond donors (Lipinski definition) is 0. The van der Waals surface area contributed by atoms with Crippen LogP contribution in [0, 0.1) is 0 Å². The molecule has 0 aromatic carbocycles. The quantitative estimate of drug-likeness (QED) is 0.618. The average Bonchev–Trinajstić information content (AvgIpc) is 2.35. The normalized spacial score (nSPS) is 11.1. The Kier molecular flexibility index (Phi) is 5.43. The molecule has 9 heteroatoms. The molecule has 1 aromatic heterocycles. The second-order valence-electron chi connectivity index (χ2n) is 3.40. The fourth-order valence-corrected chi connectivity index (χ4v) is 1.59. The molecule has 1 aromatic rings. The molecule has 0 saturated carbocycles. The molecular weight excluding hydrogens is 303 g/mol. The van der Waals surface area contributed by atoms with Crippen molar-refractivity contribution in [1.82, 2.24) is 4.98 Å². The maximum Gasteiger partial charge on any atom is 0.574 e. The van der Waals surface area contributed by atoms with Gasteiger partial charge >= 0.3 is 12.3 Å². The van der Waals surface area contributed by atoms with Gasteiger partial charge in [-0.05, 0) is 6.92 Å². The van der Waals surface area contributed by atoms with Crippen LogP contribution < -0.4 is 9.47 Å². The highest BCUT2D eigenvalue weighted by Crippen LogP contribution is 2.30. The van der Waals surface area contributed by atoms with Crippen LogP contribution in [0.15, 0.2) is 6.07 Å². The molecule has 0 fully saturated rings. The van der Waals surface area contributed by atoms with Crippen LogP contribution >= 0.6 is 11.6 Å². The molecule has 0 amide bonds. The van der Waals surface area contributed by atoms with E-state index < -0.39 is 23.9 Å². The number of hydrogen-bond acceptors (Lipinski definition) is 5. The molecule has 0 spiro atoms. The lowest BCUT2D eigenvalue weighted by molar-refractivity contribution is -0.276. The van der Waals surface area contributed by atoms with Crippen molar-refractivity contribution in [1.29, 1.82) is 0 Å². The predicted octanol–water partition coefficient (Wildman–Crippen LogP) is 2.90. The van der Waals surface area contributed by atoms with Crippen molar-refractivity contribution in [3.63, 3.8) is 0 Å². The van der Waals surface area contributed by atoms with Crippen molar-refractivity contribution in [2.75, 3.05) is 13.7 Å². The van der Waals surface area contributed by atoms with E-state index in [1.54, 1.807) is 6.92 Å². The molecule has 1 rings (SSSR count). The molecule has 0 radical (unpaired) electrons. The van der Waals surface area contributed by atoms with Crippen molar-refractivity contribution < 1.29 is 32.2 Å². The molecular formula is C11H11ClF3NO4. The van der Waals surface area contributed by atoms with Gasteiger partial charge in [-0.15, -0.1) is 24.8 Å². The van der Waals surface area contributed by atoms with E-state index in [4.69, 9.17) is 21.1 Å². The summed E-state index contributed by atoms with van der Waals surface area (Å²) in [6.45, 7) is 1.58. The number of pyridine rings is 1. The number of halogens is 4. The molecule has 20 heavy (non-hydrogen) atoms. The van der Waals surface area contributed by atoms with E-state index in [-0.39, 0.29) is 23.8 Å². The van der Waals surface area contributed by atoms with E-state index in [2.05, 4.69) is 9.72 Å². The Labute approximate surface area is 117 Å². The van der Waals surface area contributed by atoms with Crippen LogP contribution in [0.1, 0.15) is 23.0 Å². The van der Waals surface area contributed by atoms with Crippen LogP contribution in [0.3, 0.4) is 0 Å². The van der Waals surface area contributed by atoms with Gasteiger partial charge in [0, 0.05) is 11.6 Å². The van der Waals surface area contributed by atoms with Gasteiger partial charge in [0.15, 0.2) is 11.4 Å². The fraction of sp³-hybridized carbons (Fsp3) is 0.455. The largest absolute Gasteiger partial charge is 0.574 e. The molecule has 0 N–H and O–H groups in total.